The molecule has 2 N–H and O–H groups in total. The molecule has 0 fully saturated rings. The Bertz CT molecular complexity index is 1000. The Hall–Kier alpha value is -3.22. The summed E-state index contributed by atoms with van der Waals surface area (Å²) in [5.41, 5.74) is -0.200. The van der Waals surface area contributed by atoms with Crippen molar-refractivity contribution in [3.63, 3.8) is 0 Å². The average Bonchev–Trinajstić information content (AvgIpc) is 2.95. The fourth-order valence-electron chi connectivity index (χ4n) is 2.18. The number of rotatable bonds is 6. The number of aromatic nitrogens is 4. The highest BCUT2D eigenvalue weighted by Crippen LogP contribution is 2.18. The van der Waals surface area contributed by atoms with Crippen LogP contribution in [0.25, 0.3) is 0 Å². The van der Waals surface area contributed by atoms with Gasteiger partial charge in [0.05, 0.1) is 18.8 Å². The van der Waals surface area contributed by atoms with Crippen LogP contribution in [0.2, 0.25) is 0 Å². The van der Waals surface area contributed by atoms with Gasteiger partial charge in [0, 0.05) is 13.2 Å². The quantitative estimate of drug-likeness (QED) is 0.649. The number of hydrogen-bond acceptors (Lipinski definition) is 9. The van der Waals surface area contributed by atoms with Gasteiger partial charge in [-0.2, -0.15) is 23.4 Å². The minimum atomic E-state index is -4.41. The SMILES string of the molecule is COc1nc(C)nc(NC(=O)NS(=O)(=O)c2c(C(=O)OC(C)C)ccn2C)n1. The fraction of sp³-hybridized carbons (Fsp3) is 0.400. The molecule has 0 saturated carbocycles. The summed E-state index contributed by atoms with van der Waals surface area (Å²) in [4.78, 5) is 35.8. The Morgan fingerprint density at radius 2 is 1.89 bits per heavy atom. The molecule has 2 rings (SSSR count). The van der Waals surface area contributed by atoms with Crippen LogP contribution in [0.3, 0.4) is 0 Å². The second kappa shape index (κ2) is 8.21. The number of ether oxygens (including phenoxy) is 2. The van der Waals surface area contributed by atoms with Crippen molar-refractivity contribution in [3.8, 4) is 6.01 Å². The molecule has 0 atom stereocenters. The van der Waals surface area contributed by atoms with E-state index in [4.69, 9.17) is 9.47 Å². The average molecular weight is 412 g/mol. The van der Waals surface area contributed by atoms with Crippen molar-refractivity contribution in [1.82, 2.24) is 24.2 Å². The van der Waals surface area contributed by atoms with Crippen LogP contribution < -0.4 is 14.8 Å². The van der Waals surface area contributed by atoms with Gasteiger partial charge in [-0.3, -0.25) is 5.32 Å². The lowest BCUT2D eigenvalue weighted by molar-refractivity contribution is 0.0372. The predicted octanol–water partition coefficient (Wildman–Crippen LogP) is 0.603. The molecule has 2 aromatic rings. The lowest BCUT2D eigenvalue weighted by atomic mass is 10.3. The number of hydrogen-bond donors (Lipinski definition) is 2. The summed E-state index contributed by atoms with van der Waals surface area (Å²) in [5.74, 6) is -0.774. The van der Waals surface area contributed by atoms with Crippen molar-refractivity contribution in [1.29, 1.82) is 0 Å². The molecule has 0 saturated heterocycles. The lowest BCUT2D eigenvalue weighted by Crippen LogP contribution is -2.36. The third kappa shape index (κ3) is 4.94. The first kappa shape index (κ1) is 21.1. The molecule has 0 aromatic carbocycles. The molecular formula is C15H20N6O6S. The Morgan fingerprint density at radius 3 is 2.50 bits per heavy atom. The van der Waals surface area contributed by atoms with Gasteiger partial charge in [-0.25, -0.2) is 14.3 Å². The van der Waals surface area contributed by atoms with E-state index in [2.05, 4.69) is 20.3 Å². The predicted molar refractivity (Wildman–Crippen MR) is 96.4 cm³/mol. The molecule has 0 bridgehead atoms. The van der Waals surface area contributed by atoms with E-state index in [-0.39, 0.29) is 23.3 Å². The summed E-state index contributed by atoms with van der Waals surface area (Å²) >= 11 is 0. The largest absolute Gasteiger partial charge is 0.467 e. The summed E-state index contributed by atoms with van der Waals surface area (Å²) in [6.07, 6.45) is 0.922. The number of sulfonamides is 1. The third-order valence-electron chi connectivity index (χ3n) is 3.19. The van der Waals surface area contributed by atoms with Crippen molar-refractivity contribution >= 4 is 28.0 Å². The first-order valence-electron chi connectivity index (χ1n) is 8.00. The van der Waals surface area contributed by atoms with Gasteiger partial charge in [-0.05, 0) is 26.8 Å². The Labute approximate surface area is 161 Å². The standard InChI is InChI=1S/C15H20N6O6S/c1-8(2)27-12(22)10-6-7-21(4)11(10)28(24,25)20-14(23)18-13-16-9(3)17-15(19-13)26-5/h6-8H,1-5H3,(H2,16,17,18,19,20,23). The maximum absolute atomic E-state index is 12.6. The number of aryl methyl sites for hydroxylation is 2. The number of nitrogens with one attached hydrogen (secondary N) is 2. The fourth-order valence-corrected chi connectivity index (χ4v) is 3.46. The molecule has 0 spiro atoms. The highest BCUT2D eigenvalue weighted by atomic mass is 32.2. The van der Waals surface area contributed by atoms with Crippen molar-refractivity contribution in [2.45, 2.75) is 31.9 Å². The number of nitrogens with zero attached hydrogens (tertiary/aromatic N) is 4. The van der Waals surface area contributed by atoms with Crippen LogP contribution in [0.1, 0.15) is 30.0 Å². The van der Waals surface area contributed by atoms with Gasteiger partial charge in [0.15, 0.2) is 5.03 Å². The first-order valence-corrected chi connectivity index (χ1v) is 9.48. The third-order valence-corrected chi connectivity index (χ3v) is 4.67. The topological polar surface area (TPSA) is 154 Å². The van der Waals surface area contributed by atoms with E-state index >= 15 is 0 Å². The summed E-state index contributed by atoms with van der Waals surface area (Å²) in [6.45, 7) is 4.80. The zero-order chi connectivity index (χ0) is 21.1. The van der Waals surface area contributed by atoms with Crippen molar-refractivity contribution in [2.75, 3.05) is 12.4 Å². The molecule has 13 heteroatoms. The van der Waals surface area contributed by atoms with Crippen LogP contribution >= 0.6 is 0 Å². The number of methoxy groups -OCH3 is 1. The highest BCUT2D eigenvalue weighted by Gasteiger charge is 2.29. The minimum absolute atomic E-state index is 0.0493. The van der Waals surface area contributed by atoms with E-state index in [1.165, 1.54) is 31.0 Å². The van der Waals surface area contributed by atoms with Crippen LogP contribution in [0.4, 0.5) is 10.7 Å². The number of anilines is 1. The Balaban J connectivity index is 2.24. The number of carbonyl (C=O) groups is 2. The molecule has 0 aliphatic carbocycles. The molecule has 0 unspecified atom stereocenters. The van der Waals surface area contributed by atoms with Crippen LogP contribution in [-0.4, -0.2) is 53.2 Å². The zero-order valence-electron chi connectivity index (χ0n) is 15.9. The molecule has 152 valence electrons. The van der Waals surface area contributed by atoms with Crippen molar-refractivity contribution in [3.05, 3.63) is 23.7 Å². The lowest BCUT2D eigenvalue weighted by Gasteiger charge is -2.12. The van der Waals surface area contributed by atoms with E-state index in [9.17, 15) is 18.0 Å². The summed E-state index contributed by atoms with van der Waals surface area (Å²) in [6, 6.07) is 0.112. The van der Waals surface area contributed by atoms with Gasteiger partial charge in [-0.15, -0.1) is 0 Å². The second-order valence-electron chi connectivity index (χ2n) is 5.85. The molecule has 28 heavy (non-hydrogen) atoms. The maximum Gasteiger partial charge on any atom is 0.341 e. The van der Waals surface area contributed by atoms with E-state index in [1.807, 2.05) is 0 Å². The number of esters is 1. The molecule has 0 aliphatic heterocycles. The molecule has 12 nitrogen and oxygen atoms in total. The smallest absolute Gasteiger partial charge is 0.341 e. The van der Waals surface area contributed by atoms with E-state index in [0.717, 1.165) is 0 Å². The van der Waals surface area contributed by atoms with Crippen LogP contribution in [-0.2, 0) is 21.8 Å². The normalized spacial score (nSPS) is 11.2. The first-order chi connectivity index (χ1) is 13.0. The molecule has 2 amide bonds. The van der Waals surface area contributed by atoms with Gasteiger partial charge in [-0.1, -0.05) is 0 Å². The minimum Gasteiger partial charge on any atom is -0.467 e. The molecular weight excluding hydrogens is 392 g/mol. The van der Waals surface area contributed by atoms with Crippen molar-refractivity contribution < 1.29 is 27.5 Å². The Morgan fingerprint density at radius 1 is 1.21 bits per heavy atom. The Kier molecular flexibility index (Phi) is 6.18. The van der Waals surface area contributed by atoms with Gasteiger partial charge >= 0.3 is 18.0 Å². The van der Waals surface area contributed by atoms with E-state index in [1.54, 1.807) is 25.5 Å². The van der Waals surface area contributed by atoms with Crippen LogP contribution in [0, 0.1) is 6.92 Å². The second-order valence-corrected chi connectivity index (χ2v) is 7.45. The number of amides is 2. The van der Waals surface area contributed by atoms with Crippen molar-refractivity contribution in [2.24, 2.45) is 7.05 Å². The van der Waals surface area contributed by atoms with Crippen LogP contribution in [0.15, 0.2) is 17.3 Å². The van der Waals surface area contributed by atoms with E-state index < -0.39 is 33.2 Å². The summed E-state index contributed by atoms with van der Waals surface area (Å²) < 4.78 is 38.2. The highest BCUT2D eigenvalue weighted by molar-refractivity contribution is 7.90. The molecule has 0 aliphatic rings. The molecule has 2 heterocycles. The summed E-state index contributed by atoms with van der Waals surface area (Å²) in [7, 11) is -1.66. The van der Waals surface area contributed by atoms with E-state index in [0.29, 0.717) is 0 Å². The van der Waals surface area contributed by atoms with Gasteiger partial charge in [0.25, 0.3) is 10.0 Å². The maximum atomic E-state index is 12.6. The number of carbonyl (C=O) groups excluding carboxylic acids is 2. The summed E-state index contributed by atoms with van der Waals surface area (Å²) in [5, 5.41) is 1.76. The number of urea groups is 1. The van der Waals surface area contributed by atoms with Gasteiger partial charge in [0.1, 0.15) is 5.82 Å². The molecule has 0 radical (unpaired) electrons. The zero-order valence-corrected chi connectivity index (χ0v) is 16.7. The van der Waals surface area contributed by atoms with Crippen LogP contribution in [0.5, 0.6) is 6.01 Å². The molecule has 2 aromatic heterocycles. The van der Waals surface area contributed by atoms with Gasteiger partial charge < -0.3 is 14.0 Å². The van der Waals surface area contributed by atoms with Gasteiger partial charge in [0.2, 0.25) is 5.95 Å². The monoisotopic (exact) mass is 412 g/mol.